The van der Waals surface area contributed by atoms with E-state index in [9.17, 15) is 9.59 Å². The highest BCUT2D eigenvalue weighted by Crippen LogP contribution is 2.05. The molecule has 0 saturated carbocycles. The summed E-state index contributed by atoms with van der Waals surface area (Å²) in [5, 5.41) is 25.0. The summed E-state index contributed by atoms with van der Waals surface area (Å²) in [5.41, 5.74) is 0. The number of unbranched alkanes of at least 4 members (excludes halogenated alkanes) is 2. The summed E-state index contributed by atoms with van der Waals surface area (Å²) >= 11 is 0. The number of carboxylic acid groups (broad SMARTS) is 1. The van der Waals surface area contributed by atoms with Crippen LogP contribution in [-0.4, -0.2) is 28.3 Å². The molecule has 102 valence electrons. The van der Waals surface area contributed by atoms with Gasteiger partial charge in [-0.1, -0.05) is 32.8 Å². The Kier molecular flexibility index (Phi) is 13.6. The van der Waals surface area contributed by atoms with Crippen molar-refractivity contribution in [3.05, 3.63) is 12.7 Å². The van der Waals surface area contributed by atoms with Crippen molar-refractivity contribution < 1.29 is 24.5 Å². The molecule has 1 atom stereocenters. The van der Waals surface area contributed by atoms with E-state index < -0.39 is 18.0 Å². The summed E-state index contributed by atoms with van der Waals surface area (Å²) in [4.78, 5) is 19.9. The smallest absolute Gasteiger partial charge is 0.345 e. The van der Waals surface area contributed by atoms with Crippen LogP contribution in [0.5, 0.6) is 0 Å². The highest BCUT2D eigenvalue weighted by molar-refractivity contribution is 5.81. The fourth-order valence-electron chi connectivity index (χ4n) is 1.02. The number of carbonyl (C=O) groups is 2. The van der Waals surface area contributed by atoms with Gasteiger partial charge in [0.05, 0.1) is 12.5 Å². The number of aliphatic hydroxyl groups excluding tert-OH is 1. The Morgan fingerprint density at radius 1 is 1.50 bits per heavy atom. The number of carboxylic acids is 1. The number of carbonyl (C=O) groups excluding carboxylic acids is 1. The zero-order valence-corrected chi connectivity index (χ0v) is 10.5. The largest absolute Gasteiger partial charge is 0.481 e. The Morgan fingerprint density at radius 2 is 2.11 bits per heavy atom. The molecule has 0 heterocycles. The third-order valence-electron chi connectivity index (χ3n) is 1.86. The Hall–Kier alpha value is -1.87. The van der Waals surface area contributed by atoms with Gasteiger partial charge in [0.15, 0.2) is 0 Å². The number of aliphatic hydroxyl groups is 1. The first-order valence-electron chi connectivity index (χ1n) is 5.60. The molecule has 0 aromatic heterocycles. The van der Waals surface area contributed by atoms with Gasteiger partial charge in [-0.05, 0) is 6.42 Å². The van der Waals surface area contributed by atoms with E-state index in [0.717, 1.165) is 25.3 Å². The maximum absolute atomic E-state index is 10.1. The highest BCUT2D eigenvalue weighted by Gasteiger charge is 2.07. The third-order valence-corrected chi connectivity index (χ3v) is 1.86. The van der Waals surface area contributed by atoms with E-state index in [4.69, 9.17) is 15.5 Å². The topological polar surface area (TPSA) is 108 Å². The zero-order valence-electron chi connectivity index (χ0n) is 10.5. The summed E-state index contributed by atoms with van der Waals surface area (Å²) in [5.74, 6) is -1.64. The van der Waals surface area contributed by atoms with Crippen LogP contribution in [0, 0.1) is 11.5 Å². The third kappa shape index (κ3) is 16.6. The van der Waals surface area contributed by atoms with E-state index in [1.54, 1.807) is 0 Å². The summed E-state index contributed by atoms with van der Waals surface area (Å²) in [6.45, 7) is 5.13. The second kappa shape index (κ2) is 13.2. The van der Waals surface area contributed by atoms with Crippen LogP contribution in [0.3, 0.4) is 0 Å². The Morgan fingerprint density at radius 3 is 2.44 bits per heavy atom. The number of rotatable bonds is 7. The van der Waals surface area contributed by atoms with Crippen molar-refractivity contribution in [2.45, 2.75) is 45.1 Å². The van der Waals surface area contributed by atoms with Crippen LogP contribution in [0.1, 0.15) is 39.0 Å². The van der Waals surface area contributed by atoms with E-state index in [-0.39, 0.29) is 6.42 Å². The van der Waals surface area contributed by atoms with Crippen molar-refractivity contribution in [1.82, 2.24) is 0 Å². The standard InChI is InChI=1S/C8H16O3.C4H3NO2/c1-2-3-4-5-7(9)6-8(10)11;1-2-4(6)7-3-5/h7,9H,2-6H2,1H3,(H,10,11);2H,1H2. The van der Waals surface area contributed by atoms with Crippen LogP contribution in [0.2, 0.25) is 0 Å². The Bertz CT molecular complexity index is 295. The molecule has 0 saturated heterocycles. The average Bonchev–Trinajstić information content (AvgIpc) is 2.29. The fourth-order valence-corrected chi connectivity index (χ4v) is 1.02. The lowest BCUT2D eigenvalue weighted by molar-refractivity contribution is -0.139. The lowest BCUT2D eigenvalue weighted by atomic mass is 10.1. The lowest BCUT2D eigenvalue weighted by Gasteiger charge is -2.05. The number of nitriles is 1. The molecule has 18 heavy (non-hydrogen) atoms. The molecule has 0 amide bonds. The predicted octanol–water partition coefficient (Wildman–Crippen LogP) is 1.60. The molecule has 0 aliphatic carbocycles. The van der Waals surface area contributed by atoms with Gasteiger partial charge in [-0.25, -0.2) is 4.79 Å². The molecule has 0 rings (SSSR count). The summed E-state index contributed by atoms with van der Waals surface area (Å²) in [7, 11) is 0. The van der Waals surface area contributed by atoms with Gasteiger partial charge in [0.1, 0.15) is 0 Å². The quantitative estimate of drug-likeness (QED) is 0.310. The number of aliphatic carboxylic acids is 1. The van der Waals surface area contributed by atoms with Crippen LogP contribution in [0.25, 0.3) is 0 Å². The van der Waals surface area contributed by atoms with Crippen molar-refractivity contribution in [2.24, 2.45) is 0 Å². The van der Waals surface area contributed by atoms with E-state index in [1.165, 1.54) is 6.26 Å². The summed E-state index contributed by atoms with van der Waals surface area (Å²) < 4.78 is 3.74. The van der Waals surface area contributed by atoms with E-state index in [2.05, 4.69) is 18.2 Å². The van der Waals surface area contributed by atoms with Crippen LogP contribution in [-0.2, 0) is 14.3 Å². The molecule has 0 aliphatic rings. The second-order valence-corrected chi connectivity index (χ2v) is 3.46. The molecular formula is C12H19NO5. The molecule has 0 spiro atoms. The van der Waals surface area contributed by atoms with E-state index >= 15 is 0 Å². The molecule has 0 fully saturated rings. The van der Waals surface area contributed by atoms with Gasteiger partial charge in [0.25, 0.3) is 6.26 Å². The van der Waals surface area contributed by atoms with Gasteiger partial charge in [-0.2, -0.15) is 0 Å². The maximum atomic E-state index is 10.1. The van der Waals surface area contributed by atoms with Crippen molar-refractivity contribution in [3.63, 3.8) is 0 Å². The second-order valence-electron chi connectivity index (χ2n) is 3.46. The SMILES string of the molecule is C=CC(=O)OC#N.CCCCCC(O)CC(=O)O. The number of esters is 1. The lowest BCUT2D eigenvalue weighted by Crippen LogP contribution is -2.12. The number of hydrogen-bond donors (Lipinski definition) is 2. The van der Waals surface area contributed by atoms with E-state index in [1.807, 2.05) is 0 Å². The van der Waals surface area contributed by atoms with Crippen LogP contribution in [0.4, 0.5) is 0 Å². The molecule has 2 N–H and O–H groups in total. The van der Waals surface area contributed by atoms with Gasteiger partial charge in [0.2, 0.25) is 0 Å². The van der Waals surface area contributed by atoms with Crippen molar-refractivity contribution >= 4 is 11.9 Å². The van der Waals surface area contributed by atoms with Gasteiger partial charge in [-0.3, -0.25) is 4.79 Å². The van der Waals surface area contributed by atoms with E-state index in [0.29, 0.717) is 6.42 Å². The molecule has 0 aromatic carbocycles. The van der Waals surface area contributed by atoms with Gasteiger partial charge >= 0.3 is 11.9 Å². The van der Waals surface area contributed by atoms with Crippen molar-refractivity contribution in [3.8, 4) is 6.26 Å². The minimum atomic E-state index is -0.922. The van der Waals surface area contributed by atoms with Crippen molar-refractivity contribution in [2.75, 3.05) is 0 Å². The monoisotopic (exact) mass is 257 g/mol. The minimum absolute atomic E-state index is 0.121. The molecule has 6 heteroatoms. The van der Waals surface area contributed by atoms with Crippen LogP contribution >= 0.6 is 0 Å². The number of hydrogen-bond acceptors (Lipinski definition) is 5. The number of nitrogens with zero attached hydrogens (tertiary/aromatic N) is 1. The first-order chi connectivity index (χ1) is 8.47. The Balaban J connectivity index is 0. The predicted molar refractivity (Wildman–Crippen MR) is 64.3 cm³/mol. The average molecular weight is 257 g/mol. The molecule has 0 bridgehead atoms. The van der Waals surface area contributed by atoms with Crippen LogP contribution < -0.4 is 0 Å². The Labute approximate surface area is 106 Å². The molecule has 1 unspecified atom stereocenters. The maximum Gasteiger partial charge on any atom is 0.345 e. The normalized spacial score (nSPS) is 10.3. The number of ether oxygens (including phenoxy) is 1. The molecule has 0 radical (unpaired) electrons. The van der Waals surface area contributed by atoms with Gasteiger partial charge in [-0.15, -0.1) is 5.26 Å². The molecule has 0 aromatic rings. The fraction of sp³-hybridized carbons (Fsp3) is 0.583. The zero-order chi connectivity index (χ0) is 14.4. The summed E-state index contributed by atoms with van der Waals surface area (Å²) in [6.07, 6.45) is 5.04. The first-order valence-corrected chi connectivity index (χ1v) is 5.60. The molecular weight excluding hydrogens is 238 g/mol. The summed E-state index contributed by atoms with van der Waals surface area (Å²) in [6, 6.07) is 0. The van der Waals surface area contributed by atoms with Crippen LogP contribution in [0.15, 0.2) is 12.7 Å². The molecule has 6 nitrogen and oxygen atoms in total. The van der Waals surface area contributed by atoms with Gasteiger partial charge < -0.3 is 14.9 Å². The highest BCUT2D eigenvalue weighted by atomic mass is 16.5. The molecule has 0 aliphatic heterocycles. The minimum Gasteiger partial charge on any atom is -0.481 e. The van der Waals surface area contributed by atoms with Gasteiger partial charge in [0, 0.05) is 6.08 Å². The van der Waals surface area contributed by atoms with Crippen molar-refractivity contribution in [1.29, 1.82) is 5.26 Å². The first kappa shape index (κ1) is 18.5.